The number of hydrogen-bond acceptors (Lipinski definition) is 4. The Morgan fingerprint density at radius 3 is 2.80 bits per heavy atom. The molecule has 0 aromatic heterocycles. The van der Waals surface area contributed by atoms with Crippen molar-refractivity contribution < 1.29 is 14.9 Å². The van der Waals surface area contributed by atoms with Crippen LogP contribution in [0.1, 0.15) is 18.5 Å². The summed E-state index contributed by atoms with van der Waals surface area (Å²) >= 11 is 0. The van der Waals surface area contributed by atoms with E-state index in [1.165, 1.54) is 7.11 Å². The first-order valence-corrected chi connectivity index (χ1v) is 4.90. The molecule has 1 aromatic rings. The highest BCUT2D eigenvalue weighted by Gasteiger charge is 2.08. The molecule has 0 aliphatic rings. The number of ether oxygens (including phenoxy) is 1. The number of benzene rings is 1. The minimum absolute atomic E-state index is 0.111. The third-order valence-electron chi connectivity index (χ3n) is 2.27. The summed E-state index contributed by atoms with van der Waals surface area (Å²) in [6.45, 7) is 2.64. The molecule has 84 valence electrons. The van der Waals surface area contributed by atoms with E-state index in [0.29, 0.717) is 12.3 Å². The molecule has 1 rings (SSSR count). The highest BCUT2D eigenvalue weighted by atomic mass is 16.5. The monoisotopic (exact) mass is 211 g/mol. The molecule has 0 fully saturated rings. The maximum absolute atomic E-state index is 9.41. The quantitative estimate of drug-likeness (QED) is 0.681. The average Bonchev–Trinajstić information content (AvgIpc) is 2.26. The minimum atomic E-state index is 0.111. The van der Waals surface area contributed by atoms with Crippen LogP contribution in [0, 0.1) is 0 Å². The number of methoxy groups -OCH3 is 1. The number of aromatic hydroxyl groups is 1. The lowest BCUT2D eigenvalue weighted by atomic mass is 10.1. The molecule has 1 unspecified atom stereocenters. The molecule has 0 amide bonds. The largest absolute Gasteiger partial charge is 0.504 e. The van der Waals surface area contributed by atoms with Gasteiger partial charge in [-0.1, -0.05) is 6.07 Å². The van der Waals surface area contributed by atoms with E-state index in [4.69, 9.17) is 9.84 Å². The van der Waals surface area contributed by atoms with Crippen LogP contribution in [0.5, 0.6) is 11.5 Å². The third kappa shape index (κ3) is 3.11. The SMILES string of the molecule is COc1cc(C(C)NCCO)ccc1O. The van der Waals surface area contributed by atoms with Gasteiger partial charge in [-0.15, -0.1) is 0 Å². The van der Waals surface area contributed by atoms with Gasteiger partial charge in [0.15, 0.2) is 11.5 Å². The highest BCUT2D eigenvalue weighted by molar-refractivity contribution is 5.42. The van der Waals surface area contributed by atoms with Gasteiger partial charge >= 0.3 is 0 Å². The number of phenols is 1. The van der Waals surface area contributed by atoms with E-state index in [9.17, 15) is 5.11 Å². The molecule has 4 nitrogen and oxygen atoms in total. The van der Waals surface area contributed by atoms with Gasteiger partial charge in [0.1, 0.15) is 0 Å². The van der Waals surface area contributed by atoms with Crippen molar-refractivity contribution in [3.05, 3.63) is 23.8 Å². The molecule has 3 N–H and O–H groups in total. The van der Waals surface area contributed by atoms with Crippen molar-refractivity contribution in [1.29, 1.82) is 0 Å². The summed E-state index contributed by atoms with van der Waals surface area (Å²) in [6, 6.07) is 5.33. The average molecular weight is 211 g/mol. The zero-order valence-electron chi connectivity index (χ0n) is 9.03. The van der Waals surface area contributed by atoms with E-state index in [-0.39, 0.29) is 18.4 Å². The van der Waals surface area contributed by atoms with Gasteiger partial charge in [0.2, 0.25) is 0 Å². The lowest BCUT2D eigenvalue weighted by Gasteiger charge is -2.14. The number of rotatable bonds is 5. The van der Waals surface area contributed by atoms with Gasteiger partial charge in [-0.2, -0.15) is 0 Å². The molecule has 0 radical (unpaired) electrons. The highest BCUT2D eigenvalue weighted by Crippen LogP contribution is 2.28. The van der Waals surface area contributed by atoms with Gasteiger partial charge in [0, 0.05) is 12.6 Å². The zero-order valence-corrected chi connectivity index (χ0v) is 9.03. The smallest absolute Gasteiger partial charge is 0.160 e. The van der Waals surface area contributed by atoms with Crippen LogP contribution in [0.3, 0.4) is 0 Å². The molecule has 1 aromatic carbocycles. The zero-order chi connectivity index (χ0) is 11.3. The maximum Gasteiger partial charge on any atom is 0.160 e. The van der Waals surface area contributed by atoms with Crippen LogP contribution in [0.4, 0.5) is 0 Å². The second-order valence-electron chi connectivity index (χ2n) is 3.33. The number of aliphatic hydroxyl groups excluding tert-OH is 1. The first-order chi connectivity index (χ1) is 7.19. The van der Waals surface area contributed by atoms with Crippen LogP contribution in [0.25, 0.3) is 0 Å². The standard InChI is InChI=1S/C11H17NO3/c1-8(12-5-6-13)9-3-4-10(14)11(7-9)15-2/h3-4,7-8,12-14H,5-6H2,1-2H3. The predicted octanol–water partition coefficient (Wildman–Crippen LogP) is 1.04. The number of hydrogen-bond donors (Lipinski definition) is 3. The van der Waals surface area contributed by atoms with E-state index in [1.807, 2.05) is 13.0 Å². The predicted molar refractivity (Wildman–Crippen MR) is 58.2 cm³/mol. The van der Waals surface area contributed by atoms with Gasteiger partial charge in [-0.05, 0) is 24.6 Å². The molecule has 0 spiro atoms. The van der Waals surface area contributed by atoms with Crippen LogP contribution in [-0.4, -0.2) is 30.5 Å². The lowest BCUT2D eigenvalue weighted by molar-refractivity contribution is 0.286. The van der Waals surface area contributed by atoms with E-state index in [2.05, 4.69) is 5.32 Å². The van der Waals surface area contributed by atoms with Crippen molar-refractivity contribution in [2.45, 2.75) is 13.0 Å². The number of phenolic OH excluding ortho intramolecular Hbond substituents is 1. The van der Waals surface area contributed by atoms with Crippen LogP contribution in [0.15, 0.2) is 18.2 Å². The summed E-state index contributed by atoms with van der Waals surface area (Å²) in [5.74, 6) is 0.598. The molecule has 4 heteroatoms. The van der Waals surface area contributed by atoms with E-state index in [1.54, 1.807) is 12.1 Å². The molecule has 0 bridgehead atoms. The summed E-state index contributed by atoms with van der Waals surface area (Å²) in [5, 5.41) is 21.2. The Kier molecular flexibility index (Phi) is 4.39. The van der Waals surface area contributed by atoms with Gasteiger partial charge in [-0.3, -0.25) is 0 Å². The van der Waals surface area contributed by atoms with Crippen molar-refractivity contribution in [1.82, 2.24) is 5.32 Å². The first kappa shape index (κ1) is 11.8. The number of aliphatic hydroxyl groups is 1. The summed E-state index contributed by atoms with van der Waals surface area (Å²) in [7, 11) is 1.52. The fourth-order valence-electron chi connectivity index (χ4n) is 1.36. The van der Waals surface area contributed by atoms with Crippen LogP contribution in [-0.2, 0) is 0 Å². The Hall–Kier alpha value is -1.26. The number of nitrogens with one attached hydrogen (secondary N) is 1. The van der Waals surface area contributed by atoms with Gasteiger partial charge in [0.25, 0.3) is 0 Å². The third-order valence-corrected chi connectivity index (χ3v) is 2.27. The summed E-state index contributed by atoms with van der Waals surface area (Å²) in [6.07, 6.45) is 0. The first-order valence-electron chi connectivity index (χ1n) is 4.90. The maximum atomic E-state index is 9.41. The van der Waals surface area contributed by atoms with Crippen LogP contribution < -0.4 is 10.1 Å². The Labute approximate surface area is 89.5 Å². The van der Waals surface area contributed by atoms with Crippen LogP contribution in [0.2, 0.25) is 0 Å². The molecular formula is C11H17NO3. The Balaban J connectivity index is 2.76. The molecule has 15 heavy (non-hydrogen) atoms. The molecule has 0 heterocycles. The summed E-state index contributed by atoms with van der Waals surface area (Å²) < 4.78 is 5.01. The molecule has 0 saturated carbocycles. The van der Waals surface area contributed by atoms with Gasteiger partial charge in [0.05, 0.1) is 13.7 Å². The molecule has 0 saturated heterocycles. The normalized spacial score (nSPS) is 12.5. The Morgan fingerprint density at radius 1 is 1.47 bits per heavy atom. The second-order valence-corrected chi connectivity index (χ2v) is 3.33. The van der Waals surface area contributed by atoms with Crippen molar-refractivity contribution in [3.8, 4) is 11.5 Å². The van der Waals surface area contributed by atoms with Gasteiger partial charge < -0.3 is 20.3 Å². The van der Waals surface area contributed by atoms with Crippen LogP contribution >= 0.6 is 0 Å². The van der Waals surface area contributed by atoms with E-state index < -0.39 is 0 Å². The van der Waals surface area contributed by atoms with Crippen molar-refractivity contribution >= 4 is 0 Å². The van der Waals surface area contributed by atoms with Gasteiger partial charge in [-0.25, -0.2) is 0 Å². The Bertz CT molecular complexity index is 315. The van der Waals surface area contributed by atoms with Crippen molar-refractivity contribution in [2.24, 2.45) is 0 Å². The molecule has 1 atom stereocenters. The summed E-state index contributed by atoms with van der Waals surface area (Å²) in [4.78, 5) is 0. The fraction of sp³-hybridized carbons (Fsp3) is 0.455. The molecular weight excluding hydrogens is 194 g/mol. The van der Waals surface area contributed by atoms with Crippen molar-refractivity contribution in [3.63, 3.8) is 0 Å². The summed E-state index contributed by atoms with van der Waals surface area (Å²) in [5.41, 5.74) is 1.01. The topological polar surface area (TPSA) is 61.7 Å². The minimum Gasteiger partial charge on any atom is -0.504 e. The second kappa shape index (κ2) is 5.58. The van der Waals surface area contributed by atoms with Crippen molar-refractivity contribution in [2.75, 3.05) is 20.3 Å². The fourth-order valence-corrected chi connectivity index (χ4v) is 1.36. The molecule has 0 aliphatic carbocycles. The Morgan fingerprint density at radius 2 is 2.20 bits per heavy atom. The van der Waals surface area contributed by atoms with E-state index in [0.717, 1.165) is 5.56 Å². The molecule has 0 aliphatic heterocycles. The lowest BCUT2D eigenvalue weighted by Crippen LogP contribution is -2.22. The van der Waals surface area contributed by atoms with E-state index >= 15 is 0 Å².